The van der Waals surface area contributed by atoms with E-state index >= 15 is 0 Å². The van der Waals surface area contributed by atoms with E-state index in [1.807, 2.05) is 30.9 Å². The van der Waals surface area contributed by atoms with Crippen LogP contribution in [0.4, 0.5) is 11.4 Å². The summed E-state index contributed by atoms with van der Waals surface area (Å²) in [4.78, 5) is 14.4. The summed E-state index contributed by atoms with van der Waals surface area (Å²) in [7, 11) is 5.71. The van der Waals surface area contributed by atoms with Crippen molar-refractivity contribution < 1.29 is 10.0 Å². The molecule has 6 heteroatoms. The number of hydrogen-bond acceptors (Lipinski definition) is 5. The zero-order chi connectivity index (χ0) is 13.7. The molecule has 0 spiro atoms. The Morgan fingerprint density at radius 1 is 1.28 bits per heavy atom. The lowest BCUT2D eigenvalue weighted by atomic mass is 10.1. The summed E-state index contributed by atoms with van der Waals surface area (Å²) >= 11 is 0. The third kappa shape index (κ3) is 3.68. The van der Waals surface area contributed by atoms with Gasteiger partial charge in [0.15, 0.2) is 0 Å². The van der Waals surface area contributed by atoms with Crippen molar-refractivity contribution in [1.29, 1.82) is 0 Å². The summed E-state index contributed by atoms with van der Waals surface area (Å²) in [5, 5.41) is 20.1. The van der Waals surface area contributed by atoms with Gasteiger partial charge in [0.05, 0.1) is 11.5 Å². The highest BCUT2D eigenvalue weighted by Gasteiger charge is 2.17. The molecular formula is C12H19N3O3. The Morgan fingerprint density at radius 3 is 2.44 bits per heavy atom. The average Bonchev–Trinajstić information content (AvgIpc) is 2.34. The fourth-order valence-corrected chi connectivity index (χ4v) is 1.60. The Labute approximate surface area is 107 Å². The highest BCUT2D eigenvalue weighted by atomic mass is 16.6. The maximum absolute atomic E-state index is 11.0. The fourth-order valence-electron chi connectivity index (χ4n) is 1.60. The standard InChI is InChI=1S/C12H19N3O3/c1-13(2)6-7-14(3)12-8-10(9-16)4-5-11(12)15(17)18/h4-5,8,16H,6-7,9H2,1-3H3. The fraction of sp³-hybridized carbons (Fsp3) is 0.500. The number of aliphatic hydroxyl groups is 1. The Bertz CT molecular complexity index is 421. The summed E-state index contributed by atoms with van der Waals surface area (Å²) in [6, 6.07) is 4.67. The van der Waals surface area contributed by atoms with Gasteiger partial charge < -0.3 is 14.9 Å². The Kier molecular flexibility index (Phi) is 5.06. The molecule has 0 aromatic heterocycles. The van der Waals surface area contributed by atoms with Gasteiger partial charge in [-0.3, -0.25) is 10.1 Å². The number of rotatable bonds is 6. The molecule has 6 nitrogen and oxygen atoms in total. The molecule has 0 radical (unpaired) electrons. The number of nitrogens with zero attached hydrogens (tertiary/aromatic N) is 3. The quantitative estimate of drug-likeness (QED) is 0.607. The van der Waals surface area contributed by atoms with Gasteiger partial charge in [-0.25, -0.2) is 0 Å². The minimum Gasteiger partial charge on any atom is -0.392 e. The molecule has 0 bridgehead atoms. The normalized spacial score (nSPS) is 10.7. The monoisotopic (exact) mass is 253 g/mol. The summed E-state index contributed by atoms with van der Waals surface area (Å²) in [6.07, 6.45) is 0. The first-order chi connectivity index (χ1) is 8.45. The topological polar surface area (TPSA) is 69.8 Å². The third-order valence-electron chi connectivity index (χ3n) is 2.71. The zero-order valence-electron chi connectivity index (χ0n) is 11.0. The van der Waals surface area contributed by atoms with Crippen LogP contribution in [0.3, 0.4) is 0 Å². The van der Waals surface area contributed by atoms with Gasteiger partial charge in [0, 0.05) is 26.2 Å². The molecule has 0 heterocycles. The van der Waals surface area contributed by atoms with Crippen LogP contribution in [0.1, 0.15) is 5.56 Å². The van der Waals surface area contributed by atoms with Gasteiger partial charge in [-0.05, 0) is 31.8 Å². The van der Waals surface area contributed by atoms with Crippen LogP contribution in [0.25, 0.3) is 0 Å². The molecule has 0 saturated carbocycles. The molecule has 18 heavy (non-hydrogen) atoms. The van der Waals surface area contributed by atoms with Gasteiger partial charge >= 0.3 is 0 Å². The van der Waals surface area contributed by atoms with Crippen molar-refractivity contribution in [2.45, 2.75) is 6.61 Å². The Hall–Kier alpha value is -1.66. The third-order valence-corrected chi connectivity index (χ3v) is 2.71. The first-order valence-electron chi connectivity index (χ1n) is 5.69. The maximum atomic E-state index is 11.0. The second-order valence-corrected chi connectivity index (χ2v) is 4.46. The van der Waals surface area contributed by atoms with Gasteiger partial charge in [-0.15, -0.1) is 0 Å². The predicted octanol–water partition coefficient (Wildman–Crippen LogP) is 1.08. The van der Waals surface area contributed by atoms with Crippen molar-refractivity contribution >= 4 is 11.4 Å². The molecule has 0 aliphatic heterocycles. The molecular weight excluding hydrogens is 234 g/mol. The van der Waals surface area contributed by atoms with E-state index in [9.17, 15) is 10.1 Å². The van der Waals surface area contributed by atoms with Crippen molar-refractivity contribution in [2.24, 2.45) is 0 Å². The molecule has 100 valence electrons. The largest absolute Gasteiger partial charge is 0.392 e. The number of hydrogen-bond donors (Lipinski definition) is 1. The molecule has 0 saturated heterocycles. The van der Waals surface area contributed by atoms with Crippen LogP contribution in [0.15, 0.2) is 18.2 Å². The summed E-state index contributed by atoms with van der Waals surface area (Å²) in [5.41, 5.74) is 1.27. The van der Waals surface area contributed by atoms with E-state index in [1.54, 1.807) is 12.1 Å². The number of nitro benzene ring substituents is 1. The zero-order valence-corrected chi connectivity index (χ0v) is 11.0. The SMILES string of the molecule is CN(C)CCN(C)c1cc(CO)ccc1[N+](=O)[O-]. The van der Waals surface area contributed by atoms with Gasteiger partial charge in [0.25, 0.3) is 5.69 Å². The van der Waals surface area contributed by atoms with Crippen molar-refractivity contribution in [2.75, 3.05) is 39.1 Å². The van der Waals surface area contributed by atoms with Crippen LogP contribution in [0.2, 0.25) is 0 Å². The van der Waals surface area contributed by atoms with Crippen molar-refractivity contribution in [1.82, 2.24) is 4.90 Å². The van der Waals surface area contributed by atoms with Crippen LogP contribution in [-0.4, -0.2) is 49.2 Å². The second-order valence-electron chi connectivity index (χ2n) is 4.46. The molecule has 0 aliphatic rings. The van der Waals surface area contributed by atoms with E-state index in [0.717, 1.165) is 6.54 Å². The number of likely N-dealkylation sites (N-methyl/N-ethyl adjacent to an activating group) is 2. The van der Waals surface area contributed by atoms with E-state index in [0.29, 0.717) is 17.8 Å². The minimum absolute atomic E-state index is 0.0634. The Morgan fingerprint density at radius 2 is 1.94 bits per heavy atom. The van der Waals surface area contributed by atoms with E-state index in [1.165, 1.54) is 6.07 Å². The van der Waals surface area contributed by atoms with Crippen molar-refractivity contribution in [3.05, 3.63) is 33.9 Å². The Balaban J connectivity index is 2.99. The molecule has 0 atom stereocenters. The highest BCUT2D eigenvalue weighted by molar-refractivity contribution is 5.64. The minimum atomic E-state index is -0.400. The molecule has 0 unspecified atom stereocenters. The molecule has 1 rings (SSSR count). The second kappa shape index (κ2) is 6.32. The smallest absolute Gasteiger partial charge is 0.292 e. The first-order valence-corrected chi connectivity index (χ1v) is 5.69. The number of anilines is 1. The van der Waals surface area contributed by atoms with Crippen molar-refractivity contribution in [3.63, 3.8) is 0 Å². The van der Waals surface area contributed by atoms with Gasteiger partial charge in [0.1, 0.15) is 5.69 Å². The molecule has 0 aliphatic carbocycles. The molecule has 0 amide bonds. The summed E-state index contributed by atoms with van der Waals surface area (Å²) < 4.78 is 0. The lowest BCUT2D eigenvalue weighted by Gasteiger charge is -2.21. The van der Waals surface area contributed by atoms with E-state index in [-0.39, 0.29) is 12.3 Å². The number of nitro groups is 1. The maximum Gasteiger partial charge on any atom is 0.292 e. The van der Waals surface area contributed by atoms with Crippen molar-refractivity contribution in [3.8, 4) is 0 Å². The lowest BCUT2D eigenvalue weighted by Crippen LogP contribution is -2.28. The van der Waals surface area contributed by atoms with Gasteiger partial charge in [0.2, 0.25) is 0 Å². The number of aliphatic hydroxyl groups excluding tert-OH is 1. The van der Waals surface area contributed by atoms with Crippen LogP contribution in [0, 0.1) is 10.1 Å². The lowest BCUT2D eigenvalue weighted by molar-refractivity contribution is -0.384. The van der Waals surface area contributed by atoms with Gasteiger partial charge in [-0.2, -0.15) is 0 Å². The summed E-state index contributed by atoms with van der Waals surface area (Å²) in [5.74, 6) is 0. The summed E-state index contributed by atoms with van der Waals surface area (Å²) in [6.45, 7) is 1.37. The predicted molar refractivity (Wildman–Crippen MR) is 70.8 cm³/mol. The van der Waals surface area contributed by atoms with Crippen LogP contribution < -0.4 is 4.90 Å². The van der Waals surface area contributed by atoms with E-state index < -0.39 is 4.92 Å². The molecule has 1 aromatic rings. The molecule has 1 N–H and O–H groups in total. The number of benzene rings is 1. The first kappa shape index (κ1) is 14.4. The highest BCUT2D eigenvalue weighted by Crippen LogP contribution is 2.28. The van der Waals surface area contributed by atoms with Gasteiger partial charge in [-0.1, -0.05) is 0 Å². The van der Waals surface area contributed by atoms with Crippen LogP contribution in [-0.2, 0) is 6.61 Å². The van der Waals surface area contributed by atoms with Crippen LogP contribution in [0.5, 0.6) is 0 Å². The molecule has 1 aromatic carbocycles. The molecule has 0 fully saturated rings. The average molecular weight is 253 g/mol. The van der Waals surface area contributed by atoms with E-state index in [2.05, 4.69) is 0 Å². The van der Waals surface area contributed by atoms with E-state index in [4.69, 9.17) is 5.11 Å². The van der Waals surface area contributed by atoms with Crippen LogP contribution >= 0.6 is 0 Å².